The van der Waals surface area contributed by atoms with Crippen LogP contribution in [0.15, 0.2) is 0 Å². The van der Waals surface area contributed by atoms with Gasteiger partial charge in [0.05, 0.1) is 5.39 Å². The van der Waals surface area contributed by atoms with E-state index in [-0.39, 0.29) is 6.04 Å². The third-order valence-electron chi connectivity index (χ3n) is 6.20. The van der Waals surface area contributed by atoms with Gasteiger partial charge in [-0.15, -0.1) is 11.3 Å². The summed E-state index contributed by atoms with van der Waals surface area (Å²) in [5, 5.41) is 3.69. The monoisotopic (exact) mass is 408 g/mol. The second kappa shape index (κ2) is 6.90. The number of hydrogen-bond donors (Lipinski definition) is 1. The lowest BCUT2D eigenvalue weighted by Gasteiger charge is -2.31. The maximum atomic E-state index is 13.2. The minimum atomic E-state index is -3.32. The molecular formula is C20H26F2N4OS. The molecule has 4 rings (SSSR count). The van der Waals surface area contributed by atoms with Crippen LogP contribution in [-0.2, 0) is 4.79 Å². The van der Waals surface area contributed by atoms with E-state index in [4.69, 9.17) is 4.98 Å². The summed E-state index contributed by atoms with van der Waals surface area (Å²) in [6.45, 7) is 8.58. The number of anilines is 1. The Bertz CT molecular complexity index is 923. The predicted molar refractivity (Wildman–Crippen MR) is 107 cm³/mol. The van der Waals surface area contributed by atoms with Gasteiger partial charge in [-0.3, -0.25) is 4.79 Å². The number of thiophene rings is 1. The van der Waals surface area contributed by atoms with Crippen LogP contribution in [0, 0.1) is 32.6 Å². The fourth-order valence-corrected chi connectivity index (χ4v) is 5.68. The van der Waals surface area contributed by atoms with Crippen molar-refractivity contribution in [3.63, 3.8) is 0 Å². The highest BCUT2D eigenvalue weighted by Gasteiger charge is 2.41. The minimum absolute atomic E-state index is 0.170. The standard InChI is InChI=1S/C20H26F2N4OS/c1-10-11(2)28-18-16(10)17(23-12(3)24-18)26-8-13-5-6-15(7-14(13)9-26)25-19(27)20(4,21)22/h13-15H,5-9H2,1-4H3,(H,25,27). The van der Waals surface area contributed by atoms with Crippen LogP contribution in [0.4, 0.5) is 14.6 Å². The van der Waals surface area contributed by atoms with Crippen LogP contribution in [0.25, 0.3) is 10.2 Å². The Morgan fingerprint density at radius 3 is 2.61 bits per heavy atom. The van der Waals surface area contributed by atoms with Gasteiger partial charge in [0.1, 0.15) is 16.5 Å². The molecule has 2 fully saturated rings. The maximum absolute atomic E-state index is 13.2. The van der Waals surface area contributed by atoms with Gasteiger partial charge in [0.25, 0.3) is 5.91 Å². The molecule has 2 aromatic heterocycles. The third-order valence-corrected chi connectivity index (χ3v) is 7.31. The third kappa shape index (κ3) is 3.47. The van der Waals surface area contributed by atoms with E-state index < -0.39 is 11.8 Å². The predicted octanol–water partition coefficient (Wildman–Crippen LogP) is 3.99. The number of nitrogens with zero attached hydrogens (tertiary/aromatic N) is 3. The average Bonchev–Trinajstić information content (AvgIpc) is 3.14. The first-order chi connectivity index (χ1) is 13.1. The van der Waals surface area contributed by atoms with Gasteiger partial charge in [-0.05, 0) is 57.4 Å². The van der Waals surface area contributed by atoms with E-state index in [1.54, 1.807) is 11.3 Å². The number of alkyl halides is 2. The largest absolute Gasteiger partial charge is 0.355 e. The normalized spacial score (nSPS) is 25.2. The molecule has 1 saturated heterocycles. The van der Waals surface area contributed by atoms with E-state index >= 15 is 0 Å². The number of nitrogens with one attached hydrogen (secondary N) is 1. The summed E-state index contributed by atoms with van der Waals surface area (Å²) >= 11 is 1.70. The van der Waals surface area contributed by atoms with E-state index in [9.17, 15) is 13.6 Å². The van der Waals surface area contributed by atoms with E-state index in [0.717, 1.165) is 54.2 Å². The molecule has 0 radical (unpaired) electrons. The lowest BCUT2D eigenvalue weighted by Crippen LogP contribution is -2.46. The Morgan fingerprint density at radius 1 is 1.18 bits per heavy atom. The highest BCUT2D eigenvalue weighted by molar-refractivity contribution is 7.18. The molecule has 5 nitrogen and oxygen atoms in total. The molecule has 8 heteroatoms. The van der Waals surface area contributed by atoms with Crippen molar-refractivity contribution in [2.75, 3.05) is 18.0 Å². The van der Waals surface area contributed by atoms with Crippen molar-refractivity contribution in [1.29, 1.82) is 0 Å². The van der Waals surface area contributed by atoms with Crippen LogP contribution in [0.3, 0.4) is 0 Å². The van der Waals surface area contributed by atoms with E-state index in [2.05, 4.69) is 29.0 Å². The lowest BCUT2D eigenvalue weighted by molar-refractivity contribution is -0.144. The summed E-state index contributed by atoms with van der Waals surface area (Å²) in [4.78, 5) is 25.7. The lowest BCUT2D eigenvalue weighted by atomic mass is 9.79. The number of hydrogen-bond acceptors (Lipinski definition) is 5. The van der Waals surface area contributed by atoms with E-state index in [1.165, 1.54) is 10.4 Å². The van der Waals surface area contributed by atoms with Gasteiger partial charge in [0.2, 0.25) is 0 Å². The van der Waals surface area contributed by atoms with Crippen molar-refractivity contribution < 1.29 is 13.6 Å². The molecule has 1 saturated carbocycles. The molecule has 1 aliphatic carbocycles. The Kier molecular flexibility index (Phi) is 4.80. The van der Waals surface area contributed by atoms with Crippen LogP contribution in [0.2, 0.25) is 0 Å². The van der Waals surface area contributed by atoms with Crippen molar-refractivity contribution in [2.45, 2.75) is 58.9 Å². The second-order valence-electron chi connectivity index (χ2n) is 8.35. The number of amides is 1. The molecule has 2 aliphatic rings. The number of halogens is 2. The smallest absolute Gasteiger partial charge is 0.321 e. The molecule has 1 aliphatic heterocycles. The SMILES string of the molecule is Cc1nc(N2CC3CCC(NC(=O)C(C)(F)F)CC3C2)c2c(C)c(C)sc2n1. The molecular weight excluding hydrogens is 382 g/mol. The highest BCUT2D eigenvalue weighted by atomic mass is 32.1. The summed E-state index contributed by atoms with van der Waals surface area (Å²) in [5.41, 5.74) is 1.24. The van der Waals surface area contributed by atoms with Crippen LogP contribution >= 0.6 is 11.3 Å². The molecule has 0 aromatic carbocycles. The van der Waals surface area contributed by atoms with Crippen LogP contribution in [0.1, 0.15) is 42.5 Å². The minimum Gasteiger partial charge on any atom is -0.355 e. The Morgan fingerprint density at radius 2 is 1.89 bits per heavy atom. The highest BCUT2D eigenvalue weighted by Crippen LogP contribution is 2.41. The Hall–Kier alpha value is -1.83. The fraction of sp³-hybridized carbons (Fsp3) is 0.650. The number of carbonyl (C=O) groups is 1. The first-order valence-corrected chi connectivity index (χ1v) is 10.6. The average molecular weight is 409 g/mol. The first kappa shape index (κ1) is 19.5. The van der Waals surface area contributed by atoms with Gasteiger partial charge in [-0.2, -0.15) is 8.78 Å². The molecule has 1 N–H and O–H groups in total. The molecule has 0 bridgehead atoms. The number of rotatable bonds is 3. The van der Waals surface area contributed by atoms with Crippen molar-refractivity contribution in [1.82, 2.24) is 15.3 Å². The zero-order chi connectivity index (χ0) is 20.2. The van der Waals surface area contributed by atoms with Crippen LogP contribution in [-0.4, -0.2) is 40.9 Å². The van der Waals surface area contributed by atoms with Crippen molar-refractivity contribution in [2.24, 2.45) is 11.8 Å². The van der Waals surface area contributed by atoms with Crippen LogP contribution in [0.5, 0.6) is 0 Å². The summed E-state index contributed by atoms with van der Waals surface area (Å²) in [5.74, 6) is -1.82. The van der Waals surface area contributed by atoms with Gasteiger partial charge >= 0.3 is 5.92 Å². The van der Waals surface area contributed by atoms with Gasteiger partial charge in [-0.1, -0.05) is 0 Å². The summed E-state index contributed by atoms with van der Waals surface area (Å²) < 4.78 is 26.4. The van der Waals surface area contributed by atoms with Crippen molar-refractivity contribution in [3.05, 3.63) is 16.3 Å². The van der Waals surface area contributed by atoms with E-state index in [1.807, 2.05) is 6.92 Å². The zero-order valence-corrected chi connectivity index (χ0v) is 17.5. The molecule has 3 unspecified atom stereocenters. The van der Waals surface area contributed by atoms with Gasteiger partial charge in [0.15, 0.2) is 0 Å². The maximum Gasteiger partial charge on any atom is 0.321 e. The molecule has 152 valence electrons. The number of carbonyl (C=O) groups excluding carboxylic acids is 1. The molecule has 3 atom stereocenters. The summed E-state index contributed by atoms with van der Waals surface area (Å²) in [6.07, 6.45) is 2.44. The number of fused-ring (bicyclic) bond motifs is 2. The molecule has 0 spiro atoms. The van der Waals surface area contributed by atoms with Gasteiger partial charge < -0.3 is 10.2 Å². The zero-order valence-electron chi connectivity index (χ0n) is 16.7. The summed E-state index contributed by atoms with van der Waals surface area (Å²) in [6, 6.07) is -0.170. The van der Waals surface area contributed by atoms with Crippen LogP contribution < -0.4 is 10.2 Å². The number of aryl methyl sites for hydroxylation is 3. The Labute approximate surface area is 167 Å². The van der Waals surface area contributed by atoms with Gasteiger partial charge in [-0.25, -0.2) is 9.97 Å². The fourth-order valence-electron chi connectivity index (χ4n) is 4.61. The quantitative estimate of drug-likeness (QED) is 0.834. The van der Waals surface area contributed by atoms with Crippen molar-refractivity contribution >= 4 is 33.3 Å². The Balaban J connectivity index is 1.54. The number of aromatic nitrogens is 2. The molecule has 1 amide bonds. The first-order valence-electron chi connectivity index (χ1n) is 9.81. The topological polar surface area (TPSA) is 58.1 Å². The summed E-state index contributed by atoms with van der Waals surface area (Å²) in [7, 11) is 0. The molecule has 2 aromatic rings. The second-order valence-corrected chi connectivity index (χ2v) is 9.56. The van der Waals surface area contributed by atoms with Crippen molar-refractivity contribution in [3.8, 4) is 0 Å². The van der Waals surface area contributed by atoms with E-state index in [0.29, 0.717) is 18.8 Å². The molecule has 28 heavy (non-hydrogen) atoms. The van der Waals surface area contributed by atoms with Gasteiger partial charge in [0, 0.05) is 30.9 Å². The molecule has 3 heterocycles.